The van der Waals surface area contributed by atoms with E-state index in [1.54, 1.807) is 11.3 Å². The van der Waals surface area contributed by atoms with Gasteiger partial charge in [-0.15, -0.1) is 11.3 Å². The number of aromatic nitrogens is 1. The van der Waals surface area contributed by atoms with Crippen molar-refractivity contribution in [3.63, 3.8) is 0 Å². The fraction of sp³-hybridized carbons (Fsp3) is 0.727. The predicted molar refractivity (Wildman–Crippen MR) is 71.1 cm³/mol. The second-order valence-electron chi connectivity index (χ2n) is 4.67. The summed E-state index contributed by atoms with van der Waals surface area (Å²) in [6, 6.07) is 1.45. The average molecular weight is 302 g/mol. The number of hydrogen-bond acceptors (Lipinski definition) is 4. The van der Waals surface area contributed by atoms with Crippen LogP contribution in [-0.4, -0.2) is 35.1 Å². The van der Waals surface area contributed by atoms with Crippen LogP contribution >= 0.6 is 27.3 Å². The molecule has 3 heterocycles. The van der Waals surface area contributed by atoms with Gasteiger partial charge in [0.25, 0.3) is 0 Å². The summed E-state index contributed by atoms with van der Waals surface area (Å²) in [4.78, 5) is 7.05. The third-order valence-corrected chi connectivity index (χ3v) is 5.11. The Morgan fingerprint density at radius 2 is 2.38 bits per heavy atom. The summed E-state index contributed by atoms with van der Waals surface area (Å²) in [7, 11) is 0. The molecule has 2 unspecified atom stereocenters. The Hall–Kier alpha value is -0.130. The molecule has 0 saturated carbocycles. The Labute approximate surface area is 108 Å². The maximum atomic E-state index is 4.40. The lowest BCUT2D eigenvalue weighted by atomic mass is 9.98. The molecule has 0 amide bonds. The first-order valence-electron chi connectivity index (χ1n) is 5.93. The number of halogens is 1. The van der Waals surface area contributed by atoms with Gasteiger partial charge in [-0.05, 0) is 48.2 Å². The van der Waals surface area contributed by atoms with Crippen LogP contribution in [0.3, 0.4) is 0 Å². The largest absolute Gasteiger partial charge is 0.359 e. The van der Waals surface area contributed by atoms with Gasteiger partial charge >= 0.3 is 0 Å². The van der Waals surface area contributed by atoms with Crippen LogP contribution in [0.25, 0.3) is 0 Å². The van der Waals surface area contributed by atoms with Gasteiger partial charge in [-0.1, -0.05) is 0 Å². The van der Waals surface area contributed by atoms with Crippen LogP contribution in [0.15, 0.2) is 9.98 Å². The number of fused-ring (bicyclic) bond motifs is 1. The molecule has 3 nitrogen and oxygen atoms in total. The molecule has 1 aromatic heterocycles. The predicted octanol–water partition coefficient (Wildman–Crippen LogP) is 2.94. The zero-order valence-electron chi connectivity index (χ0n) is 9.16. The molecule has 0 radical (unpaired) electrons. The third-order valence-electron chi connectivity index (χ3n) is 3.62. The van der Waals surface area contributed by atoms with Gasteiger partial charge in [-0.3, -0.25) is 0 Å². The molecule has 1 N–H and O–H groups in total. The monoisotopic (exact) mass is 301 g/mol. The summed E-state index contributed by atoms with van der Waals surface area (Å²) < 4.78 is 0.943. The van der Waals surface area contributed by atoms with Crippen molar-refractivity contribution < 1.29 is 0 Å². The standard InChI is InChI=1S/C11H16BrN3S/c12-10-7-16-11(14-10)13-8-3-5-15-4-1-2-9(15)6-8/h7-9H,1-6H2,(H,13,14). The molecule has 2 fully saturated rings. The first-order chi connectivity index (χ1) is 7.81. The number of nitrogens with one attached hydrogen (secondary N) is 1. The lowest BCUT2D eigenvalue weighted by molar-refractivity contribution is 0.188. The Kier molecular flexibility index (Phi) is 3.18. The Balaban J connectivity index is 1.60. The Morgan fingerprint density at radius 1 is 1.44 bits per heavy atom. The molecule has 0 bridgehead atoms. The molecule has 88 valence electrons. The highest BCUT2D eigenvalue weighted by molar-refractivity contribution is 9.10. The van der Waals surface area contributed by atoms with Crippen LogP contribution < -0.4 is 5.32 Å². The number of nitrogens with zero attached hydrogens (tertiary/aromatic N) is 2. The fourth-order valence-corrected chi connectivity index (χ4v) is 4.07. The second-order valence-corrected chi connectivity index (χ2v) is 6.34. The molecule has 2 saturated heterocycles. The van der Waals surface area contributed by atoms with E-state index in [0.29, 0.717) is 6.04 Å². The molecule has 2 atom stereocenters. The number of rotatable bonds is 2. The van der Waals surface area contributed by atoms with Crippen LogP contribution in [0.1, 0.15) is 25.7 Å². The van der Waals surface area contributed by atoms with Gasteiger partial charge in [-0.2, -0.15) is 0 Å². The number of hydrogen-bond donors (Lipinski definition) is 1. The summed E-state index contributed by atoms with van der Waals surface area (Å²) in [5, 5.41) is 6.66. The first-order valence-corrected chi connectivity index (χ1v) is 7.60. The van der Waals surface area contributed by atoms with Crippen molar-refractivity contribution in [1.82, 2.24) is 9.88 Å². The minimum absolute atomic E-state index is 0.623. The van der Waals surface area contributed by atoms with Gasteiger partial charge in [0, 0.05) is 24.0 Å². The van der Waals surface area contributed by atoms with Gasteiger partial charge < -0.3 is 10.2 Å². The molecule has 2 aliphatic heterocycles. The van der Waals surface area contributed by atoms with Crippen LogP contribution in [0.2, 0.25) is 0 Å². The quantitative estimate of drug-likeness (QED) is 0.910. The molecular weight excluding hydrogens is 286 g/mol. The normalized spacial score (nSPS) is 30.3. The number of piperidine rings is 1. The summed E-state index contributed by atoms with van der Waals surface area (Å²) in [5.74, 6) is 0. The molecule has 0 spiro atoms. The zero-order valence-corrected chi connectivity index (χ0v) is 11.6. The van der Waals surface area contributed by atoms with Crippen LogP contribution in [0.5, 0.6) is 0 Å². The number of thiazole rings is 1. The van der Waals surface area contributed by atoms with Crippen molar-refractivity contribution in [3.05, 3.63) is 9.98 Å². The van der Waals surface area contributed by atoms with Crippen molar-refractivity contribution in [3.8, 4) is 0 Å². The van der Waals surface area contributed by atoms with Gasteiger partial charge in [0.1, 0.15) is 4.60 Å². The fourth-order valence-electron chi connectivity index (χ4n) is 2.85. The highest BCUT2D eigenvalue weighted by Crippen LogP contribution is 2.29. The van der Waals surface area contributed by atoms with E-state index in [1.807, 2.05) is 5.38 Å². The lowest BCUT2D eigenvalue weighted by Crippen LogP contribution is -2.42. The SMILES string of the molecule is Brc1csc(NC2CCN3CCCC3C2)n1. The average Bonchev–Trinajstić information content (AvgIpc) is 2.87. The van der Waals surface area contributed by atoms with E-state index in [1.165, 1.54) is 38.8 Å². The molecule has 0 aliphatic carbocycles. The summed E-state index contributed by atoms with van der Waals surface area (Å²) in [6.45, 7) is 2.58. The van der Waals surface area contributed by atoms with Gasteiger partial charge in [0.15, 0.2) is 5.13 Å². The molecule has 5 heteroatoms. The highest BCUT2D eigenvalue weighted by atomic mass is 79.9. The van der Waals surface area contributed by atoms with Crippen molar-refractivity contribution in [1.29, 1.82) is 0 Å². The Bertz CT molecular complexity index is 368. The molecule has 3 rings (SSSR count). The molecule has 16 heavy (non-hydrogen) atoms. The van der Waals surface area contributed by atoms with Gasteiger partial charge in [-0.25, -0.2) is 4.98 Å². The zero-order chi connectivity index (χ0) is 11.0. The molecule has 0 aromatic carbocycles. The summed E-state index contributed by atoms with van der Waals surface area (Å²) in [6.07, 6.45) is 5.32. The van der Waals surface area contributed by atoms with Gasteiger partial charge in [0.05, 0.1) is 0 Å². The third kappa shape index (κ3) is 2.26. The lowest BCUT2D eigenvalue weighted by Gasteiger charge is -2.35. The highest BCUT2D eigenvalue weighted by Gasteiger charge is 2.31. The van der Waals surface area contributed by atoms with Crippen molar-refractivity contribution in [2.75, 3.05) is 18.4 Å². The second kappa shape index (κ2) is 4.63. The topological polar surface area (TPSA) is 28.2 Å². The maximum absolute atomic E-state index is 4.40. The van der Waals surface area contributed by atoms with E-state index in [4.69, 9.17) is 0 Å². The first kappa shape index (κ1) is 11.0. The van der Waals surface area contributed by atoms with Crippen LogP contribution in [0, 0.1) is 0 Å². The van der Waals surface area contributed by atoms with E-state index in [2.05, 4.69) is 31.1 Å². The maximum Gasteiger partial charge on any atom is 0.183 e. The number of anilines is 1. The van der Waals surface area contributed by atoms with E-state index in [-0.39, 0.29) is 0 Å². The van der Waals surface area contributed by atoms with Crippen molar-refractivity contribution in [2.24, 2.45) is 0 Å². The Morgan fingerprint density at radius 3 is 3.19 bits per heavy atom. The van der Waals surface area contributed by atoms with Crippen molar-refractivity contribution in [2.45, 2.75) is 37.8 Å². The van der Waals surface area contributed by atoms with Crippen LogP contribution in [-0.2, 0) is 0 Å². The summed E-state index contributed by atoms with van der Waals surface area (Å²) >= 11 is 5.08. The van der Waals surface area contributed by atoms with E-state index in [0.717, 1.165) is 15.8 Å². The summed E-state index contributed by atoms with van der Waals surface area (Å²) in [5.41, 5.74) is 0. The minimum atomic E-state index is 0.623. The van der Waals surface area contributed by atoms with Crippen LogP contribution in [0.4, 0.5) is 5.13 Å². The molecule has 2 aliphatic rings. The molecular formula is C11H16BrN3S. The van der Waals surface area contributed by atoms with Gasteiger partial charge in [0.2, 0.25) is 0 Å². The van der Waals surface area contributed by atoms with Crippen molar-refractivity contribution >= 4 is 32.4 Å². The minimum Gasteiger partial charge on any atom is -0.359 e. The van der Waals surface area contributed by atoms with E-state index >= 15 is 0 Å². The van der Waals surface area contributed by atoms with E-state index in [9.17, 15) is 0 Å². The van der Waals surface area contributed by atoms with E-state index < -0.39 is 0 Å². The molecule has 1 aromatic rings. The smallest absolute Gasteiger partial charge is 0.183 e.